The molecule has 0 fully saturated rings. The summed E-state index contributed by atoms with van der Waals surface area (Å²) in [5.41, 5.74) is 1.82. The van der Waals surface area contributed by atoms with Crippen LogP contribution in [0.4, 0.5) is 11.4 Å². The second kappa shape index (κ2) is 8.33. The summed E-state index contributed by atoms with van der Waals surface area (Å²) in [7, 11) is 1.34. The number of amides is 1. The number of anilines is 2. The number of carbonyl (C=O) groups is 2. The van der Waals surface area contributed by atoms with E-state index < -0.39 is 5.97 Å². The first kappa shape index (κ1) is 17.0. The van der Waals surface area contributed by atoms with E-state index >= 15 is 0 Å². The van der Waals surface area contributed by atoms with Crippen LogP contribution >= 0.6 is 15.9 Å². The van der Waals surface area contributed by atoms with Gasteiger partial charge in [0.1, 0.15) is 0 Å². The fourth-order valence-electron chi connectivity index (χ4n) is 2.01. The van der Waals surface area contributed by atoms with Gasteiger partial charge in [-0.15, -0.1) is 0 Å². The quantitative estimate of drug-likeness (QED) is 0.754. The minimum absolute atomic E-state index is 0.111. The maximum absolute atomic E-state index is 12.0. The van der Waals surface area contributed by atoms with Crippen LogP contribution in [0.25, 0.3) is 0 Å². The molecular weight excluding hydrogens is 360 g/mol. The van der Waals surface area contributed by atoms with Crippen LogP contribution in [0.2, 0.25) is 0 Å². The summed E-state index contributed by atoms with van der Waals surface area (Å²) in [6.45, 7) is 0.407. The lowest BCUT2D eigenvalue weighted by atomic mass is 10.2. The van der Waals surface area contributed by atoms with Gasteiger partial charge in [-0.25, -0.2) is 4.79 Å². The summed E-state index contributed by atoms with van der Waals surface area (Å²) in [5.74, 6) is -0.522. The Morgan fingerprint density at radius 1 is 1.04 bits per heavy atom. The van der Waals surface area contributed by atoms with E-state index in [4.69, 9.17) is 4.74 Å². The fourth-order valence-corrected chi connectivity index (χ4v) is 2.40. The van der Waals surface area contributed by atoms with Crippen molar-refractivity contribution in [3.8, 4) is 0 Å². The molecular formula is C17H17BrN2O3. The van der Waals surface area contributed by atoms with Crippen molar-refractivity contribution in [1.29, 1.82) is 0 Å². The van der Waals surface area contributed by atoms with Crippen LogP contribution in [0.15, 0.2) is 53.0 Å². The molecule has 0 heterocycles. The summed E-state index contributed by atoms with van der Waals surface area (Å²) in [6, 6.07) is 14.4. The first-order valence-electron chi connectivity index (χ1n) is 7.07. The monoisotopic (exact) mass is 376 g/mol. The SMILES string of the molecule is COC(=O)c1ccccc1NCCC(=O)Nc1ccccc1Br. The number of para-hydroxylation sites is 2. The molecule has 0 spiro atoms. The zero-order valence-electron chi connectivity index (χ0n) is 12.6. The molecule has 0 aliphatic rings. The first-order valence-corrected chi connectivity index (χ1v) is 7.86. The molecule has 23 heavy (non-hydrogen) atoms. The maximum atomic E-state index is 12.0. The average Bonchev–Trinajstić information content (AvgIpc) is 2.57. The van der Waals surface area contributed by atoms with Crippen LogP contribution in [-0.2, 0) is 9.53 Å². The standard InChI is InChI=1S/C17H17BrN2O3/c1-23-17(22)12-6-2-4-8-14(12)19-11-10-16(21)20-15-9-5-3-7-13(15)18/h2-9,19H,10-11H2,1H3,(H,20,21). The summed E-state index contributed by atoms with van der Waals surface area (Å²) < 4.78 is 5.56. The summed E-state index contributed by atoms with van der Waals surface area (Å²) >= 11 is 3.38. The van der Waals surface area contributed by atoms with Gasteiger partial charge in [0.25, 0.3) is 0 Å². The number of esters is 1. The lowest BCUT2D eigenvalue weighted by Gasteiger charge is -2.11. The Morgan fingerprint density at radius 3 is 2.39 bits per heavy atom. The van der Waals surface area contributed by atoms with Crippen molar-refractivity contribution in [2.24, 2.45) is 0 Å². The molecule has 5 nitrogen and oxygen atoms in total. The van der Waals surface area contributed by atoms with E-state index in [0.29, 0.717) is 17.8 Å². The van der Waals surface area contributed by atoms with Crippen molar-refractivity contribution < 1.29 is 14.3 Å². The second-order valence-corrected chi connectivity index (χ2v) is 5.60. The van der Waals surface area contributed by atoms with E-state index in [2.05, 4.69) is 26.6 Å². The Hall–Kier alpha value is -2.34. The van der Waals surface area contributed by atoms with Crippen LogP contribution in [0.5, 0.6) is 0 Å². The smallest absolute Gasteiger partial charge is 0.339 e. The Morgan fingerprint density at radius 2 is 1.70 bits per heavy atom. The number of hydrogen-bond donors (Lipinski definition) is 2. The third-order valence-corrected chi connectivity index (χ3v) is 3.84. The predicted octanol–water partition coefficient (Wildman–Crippen LogP) is 3.68. The first-order chi connectivity index (χ1) is 11.1. The Kier molecular flexibility index (Phi) is 6.17. The lowest BCUT2D eigenvalue weighted by Crippen LogP contribution is -2.17. The lowest BCUT2D eigenvalue weighted by molar-refractivity contribution is -0.115. The van der Waals surface area contributed by atoms with Gasteiger partial charge in [0.05, 0.1) is 18.4 Å². The maximum Gasteiger partial charge on any atom is 0.339 e. The van der Waals surface area contributed by atoms with Gasteiger partial charge in [-0.2, -0.15) is 0 Å². The molecule has 0 aliphatic carbocycles. The third-order valence-electron chi connectivity index (χ3n) is 3.15. The highest BCUT2D eigenvalue weighted by molar-refractivity contribution is 9.10. The third kappa shape index (κ3) is 4.82. The van der Waals surface area contributed by atoms with E-state index in [1.165, 1.54) is 7.11 Å². The zero-order chi connectivity index (χ0) is 16.7. The number of halogens is 1. The van der Waals surface area contributed by atoms with Crippen molar-refractivity contribution >= 4 is 39.2 Å². The van der Waals surface area contributed by atoms with Crippen molar-refractivity contribution in [2.75, 3.05) is 24.3 Å². The van der Waals surface area contributed by atoms with Crippen LogP contribution in [0, 0.1) is 0 Å². The number of nitrogens with one attached hydrogen (secondary N) is 2. The Bertz CT molecular complexity index is 704. The molecule has 120 valence electrons. The van der Waals surface area contributed by atoms with Gasteiger partial charge in [-0.1, -0.05) is 24.3 Å². The highest BCUT2D eigenvalue weighted by atomic mass is 79.9. The molecule has 2 rings (SSSR count). The molecule has 0 saturated carbocycles. The van der Waals surface area contributed by atoms with E-state index in [-0.39, 0.29) is 12.3 Å². The fraction of sp³-hybridized carbons (Fsp3) is 0.176. The molecule has 2 aromatic rings. The molecule has 0 atom stereocenters. The van der Waals surface area contributed by atoms with Gasteiger partial charge in [0.15, 0.2) is 0 Å². The molecule has 0 aromatic heterocycles. The van der Waals surface area contributed by atoms with Gasteiger partial charge < -0.3 is 15.4 Å². The van der Waals surface area contributed by atoms with Crippen LogP contribution in [0.3, 0.4) is 0 Å². The number of hydrogen-bond acceptors (Lipinski definition) is 4. The molecule has 1 amide bonds. The Balaban J connectivity index is 1.89. The van der Waals surface area contributed by atoms with Gasteiger partial charge in [-0.3, -0.25) is 4.79 Å². The van der Waals surface area contributed by atoms with Crippen molar-refractivity contribution in [3.05, 3.63) is 58.6 Å². The number of methoxy groups -OCH3 is 1. The molecule has 0 aliphatic heterocycles. The largest absolute Gasteiger partial charge is 0.465 e. The van der Waals surface area contributed by atoms with Gasteiger partial charge in [0, 0.05) is 23.1 Å². The minimum atomic E-state index is -0.411. The van der Waals surface area contributed by atoms with E-state index in [1.807, 2.05) is 30.3 Å². The zero-order valence-corrected chi connectivity index (χ0v) is 14.2. The highest BCUT2D eigenvalue weighted by Gasteiger charge is 2.11. The van der Waals surface area contributed by atoms with E-state index in [9.17, 15) is 9.59 Å². The summed E-state index contributed by atoms with van der Waals surface area (Å²) in [6.07, 6.45) is 0.275. The van der Waals surface area contributed by atoms with Crippen LogP contribution < -0.4 is 10.6 Å². The topological polar surface area (TPSA) is 67.4 Å². The van der Waals surface area contributed by atoms with Gasteiger partial charge >= 0.3 is 5.97 Å². The Labute approximate surface area is 143 Å². The van der Waals surface area contributed by atoms with E-state index in [0.717, 1.165) is 10.2 Å². The molecule has 0 radical (unpaired) electrons. The predicted molar refractivity (Wildman–Crippen MR) is 93.7 cm³/mol. The number of ether oxygens (including phenoxy) is 1. The molecule has 2 aromatic carbocycles. The molecule has 0 saturated heterocycles. The molecule has 2 N–H and O–H groups in total. The van der Waals surface area contributed by atoms with Crippen LogP contribution in [0.1, 0.15) is 16.8 Å². The molecule has 0 unspecified atom stereocenters. The van der Waals surface area contributed by atoms with E-state index in [1.54, 1.807) is 18.2 Å². The second-order valence-electron chi connectivity index (χ2n) is 4.74. The van der Waals surface area contributed by atoms with Crippen LogP contribution in [-0.4, -0.2) is 25.5 Å². The number of carbonyl (C=O) groups excluding carboxylic acids is 2. The van der Waals surface area contributed by atoms with Crippen molar-refractivity contribution in [2.45, 2.75) is 6.42 Å². The van der Waals surface area contributed by atoms with Gasteiger partial charge in [0.2, 0.25) is 5.91 Å². The van der Waals surface area contributed by atoms with Crippen molar-refractivity contribution in [1.82, 2.24) is 0 Å². The number of rotatable bonds is 6. The molecule has 0 bridgehead atoms. The summed E-state index contributed by atoms with van der Waals surface area (Å²) in [4.78, 5) is 23.6. The molecule has 6 heteroatoms. The van der Waals surface area contributed by atoms with Crippen molar-refractivity contribution in [3.63, 3.8) is 0 Å². The minimum Gasteiger partial charge on any atom is -0.465 e. The average molecular weight is 377 g/mol. The van der Waals surface area contributed by atoms with Gasteiger partial charge in [-0.05, 0) is 40.2 Å². The normalized spacial score (nSPS) is 10.0. The highest BCUT2D eigenvalue weighted by Crippen LogP contribution is 2.21. The number of benzene rings is 2. The summed E-state index contributed by atoms with van der Waals surface area (Å²) in [5, 5.41) is 5.91.